The Morgan fingerprint density at radius 1 is 0.963 bits per heavy atom. The van der Waals surface area contributed by atoms with Crippen LogP contribution in [0.1, 0.15) is 47.9 Å². The van der Waals surface area contributed by atoms with E-state index >= 15 is 0 Å². The first-order valence-electron chi connectivity index (χ1n) is 7.46. The zero-order chi connectivity index (χ0) is 20.8. The quantitative estimate of drug-likeness (QED) is 0.317. The highest BCUT2D eigenvalue weighted by molar-refractivity contribution is 6.55. The zero-order valence-electron chi connectivity index (χ0n) is 14.2. The van der Waals surface area contributed by atoms with E-state index in [1.54, 1.807) is 20.8 Å². The van der Waals surface area contributed by atoms with Crippen molar-refractivity contribution in [2.45, 2.75) is 38.8 Å². The van der Waals surface area contributed by atoms with Crippen LogP contribution >= 0.6 is 46.4 Å². The molecule has 0 radical (unpaired) electrons. The van der Waals surface area contributed by atoms with E-state index in [9.17, 15) is 24.3 Å². The van der Waals surface area contributed by atoms with Crippen molar-refractivity contribution in [3.8, 4) is 0 Å². The van der Waals surface area contributed by atoms with Gasteiger partial charge in [-0.2, -0.15) is 0 Å². The van der Waals surface area contributed by atoms with E-state index in [0.29, 0.717) is 4.90 Å². The molecule has 27 heavy (non-hydrogen) atoms. The first-order valence-corrected chi connectivity index (χ1v) is 8.97. The number of ether oxygens (including phenoxy) is 1. The number of hydrogen-bond acceptors (Lipinski definition) is 5. The highest BCUT2D eigenvalue weighted by Crippen LogP contribution is 2.45. The van der Waals surface area contributed by atoms with Crippen molar-refractivity contribution in [1.82, 2.24) is 4.90 Å². The van der Waals surface area contributed by atoms with Gasteiger partial charge in [0.15, 0.2) is 0 Å². The molecule has 1 atom stereocenters. The number of carboxylic acid groups (broad SMARTS) is 1. The number of carbonyl (C=O) groups excluding carboxylic acids is 3. The number of nitrogens with zero attached hydrogens (tertiary/aromatic N) is 1. The SMILES string of the molecule is CC(C)(C)OC(=O)C[C@H](C(=O)O)N1C(=O)c2c(Cl)c(Cl)c(Cl)c(Cl)c2C1=O. The lowest BCUT2D eigenvalue weighted by molar-refractivity contribution is -0.159. The molecule has 0 aliphatic carbocycles. The third kappa shape index (κ3) is 4.01. The number of benzene rings is 1. The standard InChI is InChI=1S/C16H13Cl4NO6/c1-16(2,3)27-6(22)4-5(15(25)26)21-13(23)7-8(14(21)24)10(18)12(20)11(19)9(7)17/h5H,4H2,1-3H3,(H,25,26)/t5-/m1/s1. The predicted octanol–water partition coefficient (Wildman–Crippen LogP) is 4.08. The minimum atomic E-state index is -1.82. The van der Waals surface area contributed by atoms with Crippen molar-refractivity contribution in [1.29, 1.82) is 0 Å². The molecule has 0 saturated heterocycles. The summed E-state index contributed by atoms with van der Waals surface area (Å²) in [6.45, 7) is 4.77. The molecular formula is C16H13Cl4NO6. The topological polar surface area (TPSA) is 101 Å². The number of rotatable bonds is 4. The number of carbonyl (C=O) groups is 4. The fraction of sp³-hybridized carbons (Fsp3) is 0.375. The number of aliphatic carboxylic acids is 1. The van der Waals surface area contributed by atoms with Crippen LogP contribution in [0.4, 0.5) is 0 Å². The highest BCUT2D eigenvalue weighted by Gasteiger charge is 2.47. The molecule has 1 aliphatic rings. The van der Waals surface area contributed by atoms with Gasteiger partial charge in [0.2, 0.25) is 0 Å². The van der Waals surface area contributed by atoms with Crippen molar-refractivity contribution in [3.05, 3.63) is 31.2 Å². The van der Waals surface area contributed by atoms with E-state index in [-0.39, 0.29) is 31.2 Å². The molecule has 7 nitrogen and oxygen atoms in total. The molecule has 0 aromatic heterocycles. The molecule has 1 aliphatic heterocycles. The van der Waals surface area contributed by atoms with Gasteiger partial charge in [-0.1, -0.05) is 46.4 Å². The van der Waals surface area contributed by atoms with Crippen LogP contribution in [0.2, 0.25) is 20.1 Å². The lowest BCUT2D eigenvalue weighted by atomic mass is 10.1. The van der Waals surface area contributed by atoms with Crippen molar-refractivity contribution < 1.29 is 29.0 Å². The van der Waals surface area contributed by atoms with Gasteiger partial charge >= 0.3 is 11.9 Å². The monoisotopic (exact) mass is 455 g/mol. The van der Waals surface area contributed by atoms with E-state index in [2.05, 4.69) is 0 Å². The lowest BCUT2D eigenvalue weighted by Crippen LogP contribution is -2.46. The van der Waals surface area contributed by atoms with Crippen LogP contribution in [0, 0.1) is 0 Å². The average molecular weight is 457 g/mol. The van der Waals surface area contributed by atoms with E-state index < -0.39 is 41.8 Å². The van der Waals surface area contributed by atoms with Crippen LogP contribution in [0.5, 0.6) is 0 Å². The van der Waals surface area contributed by atoms with Crippen LogP contribution in [-0.2, 0) is 14.3 Å². The molecule has 1 aromatic carbocycles. The lowest BCUT2D eigenvalue weighted by Gasteiger charge is -2.24. The maximum atomic E-state index is 12.7. The third-order valence-corrected chi connectivity index (χ3v) is 5.31. The largest absolute Gasteiger partial charge is 0.480 e. The van der Waals surface area contributed by atoms with Gasteiger partial charge in [0.05, 0.1) is 37.6 Å². The van der Waals surface area contributed by atoms with Gasteiger partial charge in [-0.3, -0.25) is 19.3 Å². The molecule has 2 rings (SSSR count). The van der Waals surface area contributed by atoms with E-state index in [0.717, 1.165) is 0 Å². The van der Waals surface area contributed by atoms with E-state index in [4.69, 9.17) is 51.1 Å². The van der Waals surface area contributed by atoms with Gasteiger partial charge in [0.1, 0.15) is 11.6 Å². The Morgan fingerprint density at radius 2 is 1.37 bits per heavy atom. The Kier molecular flexibility index (Phi) is 6.02. The van der Waals surface area contributed by atoms with E-state index in [1.807, 2.05) is 0 Å². The highest BCUT2D eigenvalue weighted by atomic mass is 35.5. The average Bonchev–Trinajstić information content (AvgIpc) is 2.78. The molecule has 0 spiro atoms. The smallest absolute Gasteiger partial charge is 0.327 e. The fourth-order valence-corrected chi connectivity index (χ4v) is 3.49. The summed E-state index contributed by atoms with van der Waals surface area (Å²) in [7, 11) is 0. The summed E-state index contributed by atoms with van der Waals surface area (Å²) < 4.78 is 5.07. The Balaban J connectivity index is 2.48. The van der Waals surface area contributed by atoms with Crippen molar-refractivity contribution in [3.63, 3.8) is 0 Å². The summed E-state index contributed by atoms with van der Waals surface area (Å²) >= 11 is 23.8. The second kappa shape index (κ2) is 7.47. The fourth-order valence-electron chi connectivity index (χ4n) is 2.48. The molecule has 0 bridgehead atoms. The minimum Gasteiger partial charge on any atom is -0.480 e. The van der Waals surface area contributed by atoms with Crippen LogP contribution < -0.4 is 0 Å². The first-order chi connectivity index (χ1) is 12.3. The Morgan fingerprint density at radius 3 is 1.70 bits per heavy atom. The second-order valence-corrected chi connectivity index (χ2v) is 8.14. The summed E-state index contributed by atoms with van der Waals surface area (Å²) in [5.74, 6) is -4.58. The summed E-state index contributed by atoms with van der Waals surface area (Å²) in [5, 5.41) is 8.32. The van der Waals surface area contributed by atoms with Gasteiger partial charge in [0.25, 0.3) is 11.8 Å². The molecule has 146 valence electrons. The Hall–Kier alpha value is -1.54. The molecule has 0 unspecified atom stereocenters. The zero-order valence-corrected chi connectivity index (χ0v) is 17.3. The maximum absolute atomic E-state index is 12.7. The minimum absolute atomic E-state index is 0.246. The van der Waals surface area contributed by atoms with Crippen LogP contribution in [-0.4, -0.2) is 45.4 Å². The number of esters is 1. The Labute approximate surface area is 174 Å². The summed E-state index contributed by atoms with van der Waals surface area (Å²) in [5.41, 5.74) is -1.61. The third-order valence-electron chi connectivity index (χ3n) is 3.51. The Bertz CT molecular complexity index is 830. The van der Waals surface area contributed by atoms with Gasteiger partial charge in [-0.15, -0.1) is 0 Å². The van der Waals surface area contributed by atoms with Crippen molar-refractivity contribution >= 4 is 70.2 Å². The number of amides is 2. The summed E-state index contributed by atoms with van der Waals surface area (Å²) in [4.78, 5) is 49.5. The van der Waals surface area contributed by atoms with Crippen LogP contribution in [0.25, 0.3) is 0 Å². The normalized spacial score (nSPS) is 15.0. The van der Waals surface area contributed by atoms with Crippen LogP contribution in [0.3, 0.4) is 0 Å². The second-order valence-electron chi connectivity index (χ2n) is 6.63. The van der Waals surface area contributed by atoms with Crippen molar-refractivity contribution in [2.75, 3.05) is 0 Å². The van der Waals surface area contributed by atoms with Gasteiger partial charge in [-0.25, -0.2) is 4.79 Å². The molecule has 2 amide bonds. The summed E-state index contributed by atoms with van der Waals surface area (Å²) in [6, 6.07) is -1.82. The number of halogens is 4. The number of carboxylic acids is 1. The first kappa shape index (κ1) is 21.8. The number of hydrogen-bond donors (Lipinski definition) is 1. The summed E-state index contributed by atoms with van der Waals surface area (Å²) in [6.07, 6.45) is -0.755. The van der Waals surface area contributed by atoms with Gasteiger partial charge in [-0.05, 0) is 20.8 Å². The molecule has 1 heterocycles. The predicted molar refractivity (Wildman–Crippen MR) is 98.9 cm³/mol. The molecule has 11 heteroatoms. The maximum Gasteiger partial charge on any atom is 0.327 e. The number of fused-ring (bicyclic) bond motifs is 1. The molecular weight excluding hydrogens is 444 g/mol. The van der Waals surface area contributed by atoms with Gasteiger partial charge in [0, 0.05) is 0 Å². The van der Waals surface area contributed by atoms with Crippen LogP contribution in [0.15, 0.2) is 0 Å². The van der Waals surface area contributed by atoms with Gasteiger partial charge < -0.3 is 9.84 Å². The van der Waals surface area contributed by atoms with Crippen molar-refractivity contribution in [2.24, 2.45) is 0 Å². The molecule has 0 fully saturated rings. The molecule has 1 aromatic rings. The number of imide groups is 1. The van der Waals surface area contributed by atoms with E-state index in [1.165, 1.54) is 0 Å². The molecule has 0 saturated carbocycles. The molecule has 1 N–H and O–H groups in total.